The van der Waals surface area contributed by atoms with Gasteiger partial charge in [-0.05, 0) is 35.9 Å². The van der Waals surface area contributed by atoms with Crippen molar-refractivity contribution in [3.05, 3.63) is 90.3 Å². The van der Waals surface area contributed by atoms with Gasteiger partial charge in [0.2, 0.25) is 0 Å². The number of likely N-dealkylation sites (N-methyl/N-ethyl adjacent to an activating group) is 1. The van der Waals surface area contributed by atoms with Gasteiger partial charge in [-0.2, -0.15) is 0 Å². The lowest BCUT2D eigenvalue weighted by Gasteiger charge is -2.45. The van der Waals surface area contributed by atoms with Crippen molar-refractivity contribution in [2.75, 3.05) is 11.9 Å². The van der Waals surface area contributed by atoms with Crippen molar-refractivity contribution in [1.82, 2.24) is 4.57 Å². The van der Waals surface area contributed by atoms with Crippen molar-refractivity contribution in [3.63, 3.8) is 0 Å². The molecule has 0 saturated carbocycles. The van der Waals surface area contributed by atoms with Crippen LogP contribution in [0.25, 0.3) is 6.08 Å². The summed E-state index contributed by atoms with van der Waals surface area (Å²) < 4.78 is 2.25. The van der Waals surface area contributed by atoms with Crippen LogP contribution in [0.2, 0.25) is 0 Å². The summed E-state index contributed by atoms with van der Waals surface area (Å²) in [5.41, 5.74) is 2.78. The summed E-state index contributed by atoms with van der Waals surface area (Å²) in [6.45, 7) is 4.56. The molecule has 0 fully saturated rings. The molecule has 0 amide bonds. The Bertz CT molecular complexity index is 956. The van der Waals surface area contributed by atoms with E-state index in [1.165, 1.54) is 11.3 Å². The average Bonchev–Trinajstić information content (AvgIpc) is 3.22. The normalized spacial score (nSPS) is 21.3. The molecule has 0 aliphatic carbocycles. The lowest BCUT2D eigenvalue weighted by molar-refractivity contribution is 0.238. The minimum atomic E-state index is -0.414. The molecule has 1 atom stereocenters. The van der Waals surface area contributed by atoms with Gasteiger partial charge in [0.1, 0.15) is 11.4 Å². The van der Waals surface area contributed by atoms with Crippen LogP contribution < -0.4 is 4.90 Å². The molecule has 0 spiro atoms. The van der Waals surface area contributed by atoms with Crippen LogP contribution in [0.15, 0.2) is 79.1 Å². The summed E-state index contributed by atoms with van der Waals surface area (Å²) in [7, 11) is 2.14. The zero-order valence-corrected chi connectivity index (χ0v) is 15.4. The first kappa shape index (κ1) is 16.5. The van der Waals surface area contributed by atoms with Crippen LogP contribution in [0, 0.1) is 0 Å². The number of anilines is 1. The zero-order chi connectivity index (χ0) is 18.4. The topological polar surface area (TPSA) is 28.4 Å². The largest absolute Gasteiger partial charge is 0.507 e. The number of phenols is 1. The molecule has 3 heteroatoms. The number of para-hydroxylation sites is 2. The summed E-state index contributed by atoms with van der Waals surface area (Å²) in [6, 6.07) is 20.1. The summed E-state index contributed by atoms with van der Waals surface area (Å²) in [4.78, 5) is 2.33. The van der Waals surface area contributed by atoms with Gasteiger partial charge in [-0.3, -0.25) is 0 Å². The molecule has 0 bridgehead atoms. The Labute approximate surface area is 154 Å². The first-order valence-corrected chi connectivity index (χ1v) is 8.92. The van der Waals surface area contributed by atoms with Crippen molar-refractivity contribution in [2.24, 2.45) is 0 Å². The van der Waals surface area contributed by atoms with E-state index < -0.39 is 5.66 Å². The molecule has 2 aromatic carbocycles. The van der Waals surface area contributed by atoms with E-state index >= 15 is 0 Å². The molecular weight excluding hydrogens is 320 g/mol. The number of hydrogen-bond acceptors (Lipinski definition) is 2. The maximum Gasteiger partial charge on any atom is 0.145 e. The molecule has 3 nitrogen and oxygen atoms in total. The number of rotatable bonds is 3. The van der Waals surface area contributed by atoms with Crippen LogP contribution in [0.5, 0.6) is 5.75 Å². The maximum absolute atomic E-state index is 10.2. The van der Waals surface area contributed by atoms with Crippen LogP contribution >= 0.6 is 0 Å². The standard InChI is InChI=1S/C23H24N2O/c1-22(2)19-11-5-6-12-20(19)24(3)23(22,25-16-8-9-17-25)15-14-18-10-4-7-13-21(18)26/h4-17,26H,1-3H3/b15-14+. The highest BCUT2D eigenvalue weighted by atomic mass is 16.3. The predicted octanol–water partition coefficient (Wildman–Crippen LogP) is 4.99. The van der Waals surface area contributed by atoms with E-state index in [0.29, 0.717) is 5.75 Å². The second-order valence-electron chi connectivity index (χ2n) is 7.41. The molecule has 1 unspecified atom stereocenters. The Kier molecular flexibility index (Phi) is 3.69. The van der Waals surface area contributed by atoms with Gasteiger partial charge in [-0.1, -0.05) is 56.3 Å². The van der Waals surface area contributed by atoms with E-state index in [9.17, 15) is 5.11 Å². The first-order chi connectivity index (χ1) is 12.5. The van der Waals surface area contributed by atoms with Crippen LogP contribution in [0.4, 0.5) is 5.69 Å². The SMILES string of the molecule is CN1c2ccccc2C(C)(C)C1(/C=C/c1ccccc1O)n1cccc1. The van der Waals surface area contributed by atoms with E-state index in [-0.39, 0.29) is 5.41 Å². The number of nitrogens with zero attached hydrogens (tertiary/aromatic N) is 2. The third kappa shape index (κ3) is 2.13. The quantitative estimate of drug-likeness (QED) is 0.725. The minimum Gasteiger partial charge on any atom is -0.507 e. The molecule has 1 N–H and O–H groups in total. The number of benzene rings is 2. The summed E-state index contributed by atoms with van der Waals surface area (Å²) in [5.74, 6) is 0.294. The summed E-state index contributed by atoms with van der Waals surface area (Å²) >= 11 is 0. The van der Waals surface area contributed by atoms with Gasteiger partial charge >= 0.3 is 0 Å². The Balaban J connectivity index is 1.94. The van der Waals surface area contributed by atoms with Gasteiger partial charge in [-0.25, -0.2) is 0 Å². The fourth-order valence-corrected chi connectivity index (χ4v) is 4.39. The van der Waals surface area contributed by atoms with Crippen LogP contribution in [0.3, 0.4) is 0 Å². The summed E-state index contributed by atoms with van der Waals surface area (Å²) in [6.07, 6.45) is 8.46. The van der Waals surface area contributed by atoms with Gasteiger partial charge in [-0.15, -0.1) is 0 Å². The molecule has 1 aliphatic rings. The molecule has 1 aliphatic heterocycles. The highest BCUT2D eigenvalue weighted by Crippen LogP contribution is 2.54. The lowest BCUT2D eigenvalue weighted by Crippen LogP contribution is -2.54. The van der Waals surface area contributed by atoms with Crippen molar-refractivity contribution in [2.45, 2.75) is 24.9 Å². The van der Waals surface area contributed by atoms with Crippen molar-refractivity contribution < 1.29 is 5.11 Å². The van der Waals surface area contributed by atoms with Gasteiger partial charge in [0.05, 0.1) is 0 Å². The van der Waals surface area contributed by atoms with Crippen LogP contribution in [-0.2, 0) is 11.1 Å². The number of phenolic OH excluding ortho intramolecular Hbond substituents is 1. The highest BCUT2D eigenvalue weighted by molar-refractivity contribution is 5.69. The monoisotopic (exact) mass is 344 g/mol. The van der Waals surface area contributed by atoms with E-state index in [0.717, 1.165) is 5.56 Å². The average molecular weight is 344 g/mol. The maximum atomic E-state index is 10.2. The third-order valence-electron chi connectivity index (χ3n) is 5.80. The van der Waals surface area contributed by atoms with Gasteiger partial charge in [0.15, 0.2) is 0 Å². The Morgan fingerprint density at radius 1 is 0.885 bits per heavy atom. The number of fused-ring (bicyclic) bond motifs is 1. The van der Waals surface area contributed by atoms with E-state index in [1.807, 2.05) is 24.3 Å². The fraction of sp³-hybridized carbons (Fsp3) is 0.217. The van der Waals surface area contributed by atoms with Crippen molar-refractivity contribution in [3.8, 4) is 5.75 Å². The lowest BCUT2D eigenvalue weighted by atomic mass is 9.75. The Morgan fingerprint density at radius 2 is 1.54 bits per heavy atom. The van der Waals surface area contributed by atoms with Gasteiger partial charge < -0.3 is 14.6 Å². The van der Waals surface area contributed by atoms with E-state index in [4.69, 9.17) is 0 Å². The second kappa shape index (κ2) is 5.80. The molecule has 1 aromatic heterocycles. The number of aromatic nitrogens is 1. The van der Waals surface area contributed by atoms with Crippen LogP contribution in [-0.4, -0.2) is 16.7 Å². The molecule has 2 heterocycles. The molecule has 132 valence electrons. The fourth-order valence-electron chi connectivity index (χ4n) is 4.39. The Morgan fingerprint density at radius 3 is 2.23 bits per heavy atom. The molecule has 0 radical (unpaired) electrons. The molecule has 0 saturated heterocycles. The van der Waals surface area contributed by atoms with Gasteiger partial charge in [0, 0.05) is 36.1 Å². The first-order valence-electron chi connectivity index (χ1n) is 8.92. The molecular formula is C23H24N2O. The molecule has 3 aromatic rings. The minimum absolute atomic E-state index is 0.168. The molecule has 26 heavy (non-hydrogen) atoms. The van der Waals surface area contributed by atoms with E-state index in [2.05, 4.69) is 85.2 Å². The van der Waals surface area contributed by atoms with Crippen LogP contribution in [0.1, 0.15) is 25.0 Å². The smallest absolute Gasteiger partial charge is 0.145 e. The third-order valence-corrected chi connectivity index (χ3v) is 5.80. The second-order valence-corrected chi connectivity index (χ2v) is 7.41. The summed E-state index contributed by atoms with van der Waals surface area (Å²) in [5, 5.41) is 10.2. The van der Waals surface area contributed by atoms with Crippen molar-refractivity contribution >= 4 is 11.8 Å². The predicted molar refractivity (Wildman–Crippen MR) is 107 cm³/mol. The van der Waals surface area contributed by atoms with Gasteiger partial charge in [0.25, 0.3) is 0 Å². The molecule has 4 rings (SSSR count). The zero-order valence-electron chi connectivity index (χ0n) is 15.4. The van der Waals surface area contributed by atoms with Crippen molar-refractivity contribution in [1.29, 1.82) is 0 Å². The van der Waals surface area contributed by atoms with E-state index in [1.54, 1.807) is 6.07 Å². The number of hydrogen-bond donors (Lipinski definition) is 1. The Hall–Kier alpha value is -2.94. The highest BCUT2D eigenvalue weighted by Gasteiger charge is 2.55. The number of aromatic hydroxyl groups is 1.